The summed E-state index contributed by atoms with van der Waals surface area (Å²) in [5, 5.41) is 4.45. The molecule has 3 heteroatoms. The molecule has 1 amide bonds. The number of likely N-dealkylation sites (tertiary alicyclic amines) is 1. The second-order valence-electron chi connectivity index (χ2n) is 5.93. The molecule has 0 aromatic heterocycles. The monoisotopic (exact) mass is 251 g/mol. The van der Waals surface area contributed by atoms with E-state index >= 15 is 0 Å². The maximum absolute atomic E-state index is 12.2. The van der Waals surface area contributed by atoms with Crippen LogP contribution >= 0.6 is 0 Å². The average Bonchev–Trinajstić information content (AvgIpc) is 2.46. The average molecular weight is 251 g/mol. The Hall–Kier alpha value is -0.570. The largest absolute Gasteiger partial charge is 0.342 e. The van der Waals surface area contributed by atoms with Crippen molar-refractivity contribution in [3.05, 3.63) is 0 Å². The second-order valence-corrected chi connectivity index (χ2v) is 5.93. The number of hydrogen-bond donors (Lipinski definition) is 0. The molecule has 2 heterocycles. The fourth-order valence-electron chi connectivity index (χ4n) is 3.20. The first kappa shape index (κ1) is 13.9. The quantitative estimate of drug-likeness (QED) is 0.755. The zero-order chi connectivity index (χ0) is 12.8. The van der Waals surface area contributed by atoms with Gasteiger partial charge in [0.05, 0.1) is 0 Å². The van der Waals surface area contributed by atoms with E-state index in [9.17, 15) is 4.79 Å². The van der Waals surface area contributed by atoms with Crippen LogP contribution in [0.1, 0.15) is 51.9 Å². The van der Waals surface area contributed by atoms with Gasteiger partial charge in [0, 0.05) is 32.6 Å². The summed E-state index contributed by atoms with van der Waals surface area (Å²) in [6, 6.07) is 0. The highest BCUT2D eigenvalue weighted by atomic mass is 16.2. The van der Waals surface area contributed by atoms with Gasteiger partial charge >= 0.3 is 0 Å². The Kier molecular flexibility index (Phi) is 5.48. The molecule has 0 saturated carbocycles. The molecule has 0 N–H and O–H groups in total. The third kappa shape index (κ3) is 3.98. The summed E-state index contributed by atoms with van der Waals surface area (Å²) in [5.41, 5.74) is 0. The fraction of sp³-hybridized carbons (Fsp3) is 0.933. The maximum atomic E-state index is 12.2. The standard InChI is InChI=1S/C15H27N2O/c1-2-13-6-4-10-17(12-13)15(18)8-7-14-5-3-9-16-11-14/h13-14H,2-12H2,1H3. The van der Waals surface area contributed by atoms with E-state index in [2.05, 4.69) is 17.1 Å². The molecule has 103 valence electrons. The summed E-state index contributed by atoms with van der Waals surface area (Å²) in [6.45, 7) is 6.26. The Morgan fingerprint density at radius 2 is 2.11 bits per heavy atom. The molecule has 3 nitrogen and oxygen atoms in total. The number of hydrogen-bond acceptors (Lipinski definition) is 1. The van der Waals surface area contributed by atoms with E-state index in [-0.39, 0.29) is 0 Å². The lowest BCUT2D eigenvalue weighted by atomic mass is 9.93. The number of rotatable bonds is 4. The molecule has 2 atom stereocenters. The predicted octanol–water partition coefficient (Wildman–Crippen LogP) is 2.43. The highest BCUT2D eigenvalue weighted by molar-refractivity contribution is 5.76. The van der Waals surface area contributed by atoms with Crippen LogP contribution in [0.3, 0.4) is 0 Å². The van der Waals surface area contributed by atoms with Crippen LogP contribution in [0.2, 0.25) is 0 Å². The van der Waals surface area contributed by atoms with Crippen LogP contribution < -0.4 is 5.32 Å². The SMILES string of the molecule is CCC1CCCN(C(=O)CCC2CCC[N]C2)C1. The van der Waals surface area contributed by atoms with Gasteiger partial charge in [0.1, 0.15) is 0 Å². The molecule has 0 aliphatic carbocycles. The Bertz CT molecular complexity index is 261. The van der Waals surface area contributed by atoms with Crippen LogP contribution in [-0.4, -0.2) is 37.0 Å². The molecule has 2 aliphatic rings. The zero-order valence-corrected chi connectivity index (χ0v) is 11.7. The van der Waals surface area contributed by atoms with Crippen molar-refractivity contribution in [3.8, 4) is 0 Å². The van der Waals surface area contributed by atoms with Crippen molar-refractivity contribution in [1.82, 2.24) is 10.2 Å². The van der Waals surface area contributed by atoms with Gasteiger partial charge in [0.2, 0.25) is 5.91 Å². The number of piperidine rings is 2. The zero-order valence-electron chi connectivity index (χ0n) is 11.7. The van der Waals surface area contributed by atoms with Crippen LogP contribution in [0.5, 0.6) is 0 Å². The van der Waals surface area contributed by atoms with Crippen LogP contribution in [-0.2, 0) is 4.79 Å². The van der Waals surface area contributed by atoms with Crippen molar-refractivity contribution in [3.63, 3.8) is 0 Å². The van der Waals surface area contributed by atoms with E-state index in [4.69, 9.17) is 0 Å². The Labute approximate surface area is 111 Å². The lowest BCUT2D eigenvalue weighted by Gasteiger charge is -2.33. The van der Waals surface area contributed by atoms with Crippen molar-refractivity contribution in [2.24, 2.45) is 11.8 Å². The van der Waals surface area contributed by atoms with Crippen molar-refractivity contribution in [1.29, 1.82) is 0 Å². The molecule has 18 heavy (non-hydrogen) atoms. The smallest absolute Gasteiger partial charge is 0.222 e. The van der Waals surface area contributed by atoms with E-state index in [0.717, 1.165) is 44.9 Å². The fourth-order valence-corrected chi connectivity index (χ4v) is 3.20. The van der Waals surface area contributed by atoms with E-state index in [0.29, 0.717) is 11.8 Å². The minimum absolute atomic E-state index is 0.388. The van der Waals surface area contributed by atoms with Crippen LogP contribution in [0.4, 0.5) is 0 Å². The third-order valence-electron chi connectivity index (χ3n) is 4.53. The van der Waals surface area contributed by atoms with E-state index in [1.54, 1.807) is 0 Å². The third-order valence-corrected chi connectivity index (χ3v) is 4.53. The van der Waals surface area contributed by atoms with Crippen molar-refractivity contribution in [2.75, 3.05) is 26.2 Å². The number of amides is 1. The van der Waals surface area contributed by atoms with Crippen LogP contribution in [0.15, 0.2) is 0 Å². The molecule has 2 unspecified atom stereocenters. The first-order valence-corrected chi connectivity index (χ1v) is 7.70. The molecule has 0 spiro atoms. The highest BCUT2D eigenvalue weighted by Crippen LogP contribution is 2.22. The molecule has 0 aromatic rings. The number of carbonyl (C=O) groups is 1. The summed E-state index contributed by atoms with van der Waals surface area (Å²) in [4.78, 5) is 14.3. The van der Waals surface area contributed by atoms with E-state index < -0.39 is 0 Å². The van der Waals surface area contributed by atoms with Gasteiger partial charge < -0.3 is 4.90 Å². The maximum Gasteiger partial charge on any atom is 0.222 e. The Morgan fingerprint density at radius 1 is 1.28 bits per heavy atom. The normalized spacial score (nSPS) is 29.3. The lowest BCUT2D eigenvalue weighted by Crippen LogP contribution is -2.40. The Morgan fingerprint density at radius 3 is 2.83 bits per heavy atom. The first-order chi connectivity index (χ1) is 8.79. The van der Waals surface area contributed by atoms with Gasteiger partial charge in [-0.1, -0.05) is 13.3 Å². The molecule has 2 fully saturated rings. The molecule has 2 aliphatic heterocycles. The second kappa shape index (κ2) is 7.13. The van der Waals surface area contributed by atoms with Gasteiger partial charge in [-0.3, -0.25) is 4.79 Å². The van der Waals surface area contributed by atoms with E-state index in [1.165, 1.54) is 32.1 Å². The summed E-state index contributed by atoms with van der Waals surface area (Å²) >= 11 is 0. The number of carbonyl (C=O) groups excluding carboxylic acids is 1. The molecule has 2 rings (SSSR count). The molecule has 0 aromatic carbocycles. The van der Waals surface area contributed by atoms with Gasteiger partial charge in [0.25, 0.3) is 0 Å². The van der Waals surface area contributed by atoms with Gasteiger partial charge in [-0.05, 0) is 43.9 Å². The molecule has 2 saturated heterocycles. The first-order valence-electron chi connectivity index (χ1n) is 7.70. The van der Waals surface area contributed by atoms with Crippen LogP contribution in [0.25, 0.3) is 0 Å². The molecule has 1 radical (unpaired) electrons. The lowest BCUT2D eigenvalue weighted by molar-refractivity contribution is -0.133. The Balaban J connectivity index is 1.70. The van der Waals surface area contributed by atoms with Crippen molar-refractivity contribution >= 4 is 5.91 Å². The van der Waals surface area contributed by atoms with Crippen molar-refractivity contribution < 1.29 is 4.79 Å². The van der Waals surface area contributed by atoms with Gasteiger partial charge in [-0.25, -0.2) is 5.32 Å². The highest BCUT2D eigenvalue weighted by Gasteiger charge is 2.23. The molecular formula is C15H27N2O. The van der Waals surface area contributed by atoms with Crippen molar-refractivity contribution in [2.45, 2.75) is 51.9 Å². The van der Waals surface area contributed by atoms with Gasteiger partial charge in [-0.2, -0.15) is 0 Å². The van der Waals surface area contributed by atoms with E-state index in [1.807, 2.05) is 0 Å². The number of nitrogens with zero attached hydrogens (tertiary/aromatic N) is 2. The predicted molar refractivity (Wildman–Crippen MR) is 73.4 cm³/mol. The minimum Gasteiger partial charge on any atom is -0.342 e. The summed E-state index contributed by atoms with van der Waals surface area (Å²) < 4.78 is 0. The van der Waals surface area contributed by atoms with Crippen LogP contribution in [0, 0.1) is 11.8 Å². The minimum atomic E-state index is 0.388. The van der Waals surface area contributed by atoms with Gasteiger partial charge in [0.15, 0.2) is 0 Å². The summed E-state index contributed by atoms with van der Waals surface area (Å²) in [5.74, 6) is 1.81. The molecular weight excluding hydrogens is 224 g/mol. The molecule has 0 bridgehead atoms. The summed E-state index contributed by atoms with van der Waals surface area (Å²) in [6.07, 6.45) is 8.01. The summed E-state index contributed by atoms with van der Waals surface area (Å²) in [7, 11) is 0. The van der Waals surface area contributed by atoms with Gasteiger partial charge in [-0.15, -0.1) is 0 Å². The topological polar surface area (TPSA) is 34.4 Å².